The molecule has 55 heavy (non-hydrogen) atoms. The van der Waals surface area contributed by atoms with E-state index >= 15 is 0 Å². The van der Waals surface area contributed by atoms with Gasteiger partial charge < -0.3 is 24.6 Å². The Kier molecular flexibility index (Phi) is 9.65. The maximum absolute atomic E-state index is 13.1. The van der Waals surface area contributed by atoms with Crippen LogP contribution in [0.5, 0.6) is 0 Å². The summed E-state index contributed by atoms with van der Waals surface area (Å²) in [6.45, 7) is 9.58. The van der Waals surface area contributed by atoms with E-state index in [0.717, 1.165) is 93.2 Å². The molecule has 4 aromatic rings. The number of aromatic nitrogens is 1. The Morgan fingerprint density at radius 1 is 0.818 bits per heavy atom. The molecule has 11 nitrogen and oxygen atoms in total. The number of nitrogens with zero attached hydrogens (tertiary/aromatic N) is 6. The van der Waals surface area contributed by atoms with E-state index in [1.807, 2.05) is 18.2 Å². The lowest BCUT2D eigenvalue weighted by atomic mass is 9.89. The summed E-state index contributed by atoms with van der Waals surface area (Å²) in [5.74, 6) is 0.385. The molecule has 9 rings (SSSR count). The lowest BCUT2D eigenvalue weighted by Crippen LogP contribution is -2.52. The van der Waals surface area contributed by atoms with Crippen LogP contribution in [0.15, 0.2) is 60.8 Å². The second-order valence-corrected chi connectivity index (χ2v) is 16.4. The summed E-state index contributed by atoms with van der Waals surface area (Å²) in [6, 6.07) is 21.1. The van der Waals surface area contributed by atoms with Crippen molar-refractivity contribution in [3.8, 4) is 6.07 Å². The maximum Gasteiger partial charge on any atom is 0.255 e. The van der Waals surface area contributed by atoms with Gasteiger partial charge in [0.1, 0.15) is 12.1 Å². The van der Waals surface area contributed by atoms with Crippen LogP contribution >= 0.6 is 11.6 Å². The number of benzene rings is 3. The first-order valence-corrected chi connectivity index (χ1v) is 20.2. The normalized spacial score (nSPS) is 22.7. The summed E-state index contributed by atoms with van der Waals surface area (Å²) in [4.78, 5) is 52.2. The minimum absolute atomic E-state index is 0.123. The summed E-state index contributed by atoms with van der Waals surface area (Å²) in [6.07, 6.45) is 7.08. The fourth-order valence-electron chi connectivity index (χ4n) is 9.65. The molecule has 4 fully saturated rings. The number of hydrogen-bond acceptors (Lipinski definition) is 8. The molecule has 284 valence electrons. The molecule has 4 saturated heterocycles. The van der Waals surface area contributed by atoms with Crippen LogP contribution in [-0.2, 0) is 16.1 Å². The van der Waals surface area contributed by atoms with Crippen molar-refractivity contribution in [3.63, 3.8) is 0 Å². The predicted octanol–water partition coefficient (Wildman–Crippen LogP) is 5.88. The first-order chi connectivity index (χ1) is 26.8. The molecule has 0 radical (unpaired) electrons. The topological polar surface area (TPSA) is 119 Å². The number of carbonyl (C=O) groups excluding carboxylic acids is 3. The molecule has 5 aliphatic rings. The highest BCUT2D eigenvalue weighted by Gasteiger charge is 2.39. The molecular weight excluding hydrogens is 712 g/mol. The van der Waals surface area contributed by atoms with E-state index in [9.17, 15) is 19.6 Å². The molecule has 6 heterocycles. The van der Waals surface area contributed by atoms with Gasteiger partial charge in [0.05, 0.1) is 21.8 Å². The fourth-order valence-corrected chi connectivity index (χ4v) is 9.91. The van der Waals surface area contributed by atoms with Gasteiger partial charge in [-0.1, -0.05) is 23.7 Å². The average Bonchev–Trinajstić information content (AvgIpc) is 3.80. The molecule has 2 atom stereocenters. The number of amides is 3. The van der Waals surface area contributed by atoms with Crippen LogP contribution in [0.1, 0.15) is 71.5 Å². The van der Waals surface area contributed by atoms with Gasteiger partial charge >= 0.3 is 0 Å². The Balaban J connectivity index is 0.745. The van der Waals surface area contributed by atoms with E-state index in [0.29, 0.717) is 41.0 Å². The highest BCUT2D eigenvalue weighted by molar-refractivity contribution is 6.36. The molecule has 5 aliphatic heterocycles. The van der Waals surface area contributed by atoms with E-state index in [1.54, 1.807) is 11.1 Å². The third-order valence-electron chi connectivity index (χ3n) is 12.8. The van der Waals surface area contributed by atoms with Crippen LogP contribution < -0.4 is 20.0 Å². The number of piperazine rings is 1. The van der Waals surface area contributed by atoms with Crippen molar-refractivity contribution in [2.45, 2.75) is 57.0 Å². The number of rotatable bonds is 7. The number of H-pyrrole nitrogens is 1. The first-order valence-electron chi connectivity index (χ1n) is 19.9. The van der Waals surface area contributed by atoms with Crippen molar-refractivity contribution in [1.82, 2.24) is 20.1 Å². The Bertz CT molecular complexity index is 2160. The van der Waals surface area contributed by atoms with Crippen molar-refractivity contribution < 1.29 is 14.4 Å². The molecule has 1 aromatic heterocycles. The number of nitrogens with one attached hydrogen (secondary N) is 2. The second kappa shape index (κ2) is 14.9. The van der Waals surface area contributed by atoms with Gasteiger partial charge in [-0.15, -0.1) is 0 Å². The number of nitriles is 1. The Labute approximate surface area is 326 Å². The summed E-state index contributed by atoms with van der Waals surface area (Å²) in [7, 11) is 0. The third-order valence-corrected chi connectivity index (χ3v) is 13.1. The number of fused-ring (bicyclic) bond motifs is 2. The van der Waals surface area contributed by atoms with Gasteiger partial charge in [-0.3, -0.25) is 24.6 Å². The predicted molar refractivity (Wildman–Crippen MR) is 215 cm³/mol. The molecule has 0 spiro atoms. The summed E-state index contributed by atoms with van der Waals surface area (Å²) in [5, 5.41) is 13.4. The summed E-state index contributed by atoms with van der Waals surface area (Å²) >= 11 is 6.49. The molecular formula is C43H47ClN8O3. The smallest absolute Gasteiger partial charge is 0.255 e. The highest BCUT2D eigenvalue weighted by Crippen LogP contribution is 2.38. The van der Waals surface area contributed by atoms with Gasteiger partial charge in [0, 0.05) is 106 Å². The number of aromatic amines is 1. The zero-order chi connectivity index (χ0) is 37.6. The van der Waals surface area contributed by atoms with Crippen LogP contribution in [0.4, 0.5) is 17.1 Å². The van der Waals surface area contributed by atoms with E-state index < -0.39 is 6.04 Å². The molecule has 0 bridgehead atoms. The number of hydrogen-bond donors (Lipinski definition) is 2. The minimum Gasteiger partial charge on any atom is -0.372 e. The number of anilines is 3. The van der Waals surface area contributed by atoms with Crippen LogP contribution in [0, 0.1) is 17.2 Å². The molecule has 0 aliphatic carbocycles. The first kappa shape index (κ1) is 35.6. The Morgan fingerprint density at radius 2 is 1.58 bits per heavy atom. The molecule has 1 unspecified atom stereocenters. The standard InChI is InChI=1S/C43H47ClN8O3/c44-36-9-10-37(41-40(36)32(23-45)24-46-41)51-15-1-2-30(26-51)29-3-5-33(6-4-29)49-16-13-28(14-17-49)25-48-18-20-50(21-19-48)34-7-8-35-31(22-34)27-52(43(35)55)38-11-12-39(53)47-42(38)54/h3-10,22,24,28,30,38,46H,1-2,11-21,25-27H2,(H,47,53,54)/t30-,38?/m1/s1. The molecule has 0 saturated carbocycles. The van der Waals surface area contributed by atoms with Crippen LogP contribution in [0.25, 0.3) is 10.9 Å². The van der Waals surface area contributed by atoms with Crippen LogP contribution in [0.3, 0.4) is 0 Å². The van der Waals surface area contributed by atoms with Gasteiger partial charge in [0.15, 0.2) is 0 Å². The lowest BCUT2D eigenvalue weighted by Gasteiger charge is -2.40. The van der Waals surface area contributed by atoms with Gasteiger partial charge in [-0.25, -0.2) is 0 Å². The van der Waals surface area contributed by atoms with Gasteiger partial charge in [0.2, 0.25) is 11.8 Å². The fraction of sp³-hybridized carbons (Fsp3) is 0.442. The third kappa shape index (κ3) is 6.91. The lowest BCUT2D eigenvalue weighted by molar-refractivity contribution is -0.136. The van der Waals surface area contributed by atoms with Gasteiger partial charge in [-0.2, -0.15) is 5.26 Å². The highest BCUT2D eigenvalue weighted by atomic mass is 35.5. The van der Waals surface area contributed by atoms with Crippen molar-refractivity contribution >= 4 is 57.3 Å². The number of halogens is 1. The zero-order valence-electron chi connectivity index (χ0n) is 31.1. The SMILES string of the molecule is N#Cc1c[nH]c2c(N3CCC[C@@H](c4ccc(N5CCC(CN6CCN(c7ccc8c(c7)CN(C7CCC(=O)NC7=O)C8=O)CC6)CC5)cc4)C3)ccc(Cl)c12. The van der Waals surface area contributed by atoms with Crippen LogP contribution in [-0.4, -0.2) is 97.4 Å². The molecule has 12 heteroatoms. The number of imide groups is 1. The maximum atomic E-state index is 13.1. The second-order valence-electron chi connectivity index (χ2n) is 16.0. The van der Waals surface area contributed by atoms with E-state index in [2.05, 4.69) is 72.4 Å². The zero-order valence-corrected chi connectivity index (χ0v) is 31.9. The summed E-state index contributed by atoms with van der Waals surface area (Å²) in [5.41, 5.74) is 8.11. The largest absolute Gasteiger partial charge is 0.372 e. The minimum atomic E-state index is -0.587. The number of carbonyl (C=O) groups is 3. The molecule has 3 aromatic carbocycles. The van der Waals surface area contributed by atoms with Crippen molar-refractivity contribution in [2.75, 3.05) is 73.6 Å². The quantitative estimate of drug-likeness (QED) is 0.225. The molecule has 2 N–H and O–H groups in total. The Hall–Kier alpha value is -5.05. The van der Waals surface area contributed by atoms with Crippen LogP contribution in [0.2, 0.25) is 5.02 Å². The van der Waals surface area contributed by atoms with E-state index in [4.69, 9.17) is 11.6 Å². The van der Waals surface area contributed by atoms with E-state index in [-0.39, 0.29) is 24.1 Å². The van der Waals surface area contributed by atoms with Gasteiger partial charge in [-0.05, 0) is 91.6 Å². The van der Waals surface area contributed by atoms with Crippen molar-refractivity contribution in [2.24, 2.45) is 5.92 Å². The van der Waals surface area contributed by atoms with Gasteiger partial charge in [0.25, 0.3) is 5.91 Å². The van der Waals surface area contributed by atoms with E-state index in [1.165, 1.54) is 30.5 Å². The summed E-state index contributed by atoms with van der Waals surface area (Å²) < 4.78 is 0. The van der Waals surface area contributed by atoms with Crippen molar-refractivity contribution in [1.29, 1.82) is 5.26 Å². The molecule has 3 amide bonds. The Morgan fingerprint density at radius 3 is 2.35 bits per heavy atom. The number of piperidine rings is 3. The average molecular weight is 759 g/mol. The monoisotopic (exact) mass is 758 g/mol. The van der Waals surface area contributed by atoms with Crippen molar-refractivity contribution in [3.05, 3.63) is 88.1 Å².